The van der Waals surface area contributed by atoms with Crippen molar-refractivity contribution < 1.29 is 45.4 Å². The standard InChI is InChI=1S/C29H31F5N4O5/c1-41-15-22(38-13-21(25(31)32)36-27(38)39)18-11-19(30)24-20(12-18)35-26(43-24)23(17-7-9-29(33,34)10-8-17)37-28(40)42-14-16-5-3-2-4-6-16/h2-6,11-12,17,21-23,25H,7-10,13-15H2,1H3,(H,36,39)(H,37,40)/t21-,22-,23-/m0/s1. The maximum atomic E-state index is 15.4. The minimum Gasteiger partial charge on any atom is -0.445 e. The van der Waals surface area contributed by atoms with Gasteiger partial charge in [-0.2, -0.15) is 0 Å². The molecule has 2 heterocycles. The van der Waals surface area contributed by atoms with Gasteiger partial charge in [0.05, 0.1) is 12.6 Å². The number of halogens is 5. The van der Waals surface area contributed by atoms with E-state index in [1.807, 2.05) is 6.07 Å². The van der Waals surface area contributed by atoms with Crippen molar-refractivity contribution in [2.45, 2.75) is 62.8 Å². The first-order valence-electron chi connectivity index (χ1n) is 13.8. The first-order chi connectivity index (χ1) is 20.5. The Bertz CT molecular complexity index is 1430. The molecule has 3 amide bonds. The van der Waals surface area contributed by atoms with Crippen LogP contribution in [0.1, 0.15) is 54.8 Å². The fourth-order valence-electron chi connectivity index (χ4n) is 5.54. The summed E-state index contributed by atoms with van der Waals surface area (Å²) in [6.07, 6.45) is -4.32. The zero-order valence-electron chi connectivity index (χ0n) is 23.2. The molecule has 1 aliphatic heterocycles. The number of methoxy groups -OCH3 is 1. The summed E-state index contributed by atoms with van der Waals surface area (Å²) in [5.41, 5.74) is 0.736. The van der Waals surface area contributed by atoms with Gasteiger partial charge in [0.2, 0.25) is 11.8 Å². The van der Waals surface area contributed by atoms with Crippen molar-refractivity contribution in [1.29, 1.82) is 0 Å². The van der Waals surface area contributed by atoms with Crippen LogP contribution in [0.4, 0.5) is 31.5 Å². The molecule has 1 aromatic heterocycles. The number of alkyl carbamates (subject to hydrolysis) is 1. The van der Waals surface area contributed by atoms with E-state index in [9.17, 15) is 27.2 Å². The molecule has 1 aliphatic carbocycles. The summed E-state index contributed by atoms with van der Waals surface area (Å²) in [7, 11) is 1.36. The molecule has 0 bridgehead atoms. The van der Waals surface area contributed by atoms with Crippen molar-refractivity contribution in [3.05, 3.63) is 65.3 Å². The second-order valence-electron chi connectivity index (χ2n) is 10.8. The van der Waals surface area contributed by atoms with Crippen molar-refractivity contribution >= 4 is 23.2 Å². The Balaban J connectivity index is 1.42. The molecular formula is C29H31F5N4O5. The number of alkyl halides is 4. The Kier molecular flexibility index (Phi) is 9.04. The Hall–Kier alpha value is -3.94. The van der Waals surface area contributed by atoms with E-state index in [4.69, 9.17) is 13.9 Å². The maximum Gasteiger partial charge on any atom is 0.408 e. The summed E-state index contributed by atoms with van der Waals surface area (Å²) in [5.74, 6) is -4.28. The van der Waals surface area contributed by atoms with Gasteiger partial charge in [-0.1, -0.05) is 30.3 Å². The van der Waals surface area contributed by atoms with E-state index in [0.717, 1.165) is 16.5 Å². The average Bonchev–Trinajstić information content (AvgIpc) is 3.58. The van der Waals surface area contributed by atoms with E-state index in [2.05, 4.69) is 15.6 Å². The highest BCUT2D eigenvalue weighted by molar-refractivity contribution is 5.79. The number of amides is 3. The number of nitrogens with zero attached hydrogens (tertiary/aromatic N) is 2. The molecule has 3 aromatic rings. The van der Waals surface area contributed by atoms with Gasteiger partial charge < -0.3 is 29.4 Å². The third-order valence-corrected chi connectivity index (χ3v) is 7.82. The molecule has 1 saturated heterocycles. The number of hydrogen-bond acceptors (Lipinski definition) is 6. The first-order valence-corrected chi connectivity index (χ1v) is 13.8. The van der Waals surface area contributed by atoms with Gasteiger partial charge in [0.1, 0.15) is 24.2 Å². The Morgan fingerprint density at radius 1 is 1.21 bits per heavy atom. The molecule has 232 valence electrons. The maximum absolute atomic E-state index is 15.4. The van der Waals surface area contributed by atoms with E-state index in [1.54, 1.807) is 24.3 Å². The van der Waals surface area contributed by atoms with Gasteiger partial charge in [0, 0.05) is 26.5 Å². The number of rotatable bonds is 10. The molecule has 3 atom stereocenters. The molecule has 1 saturated carbocycles. The number of carbonyl (C=O) groups excluding carboxylic acids is 2. The lowest BCUT2D eigenvalue weighted by atomic mass is 9.82. The van der Waals surface area contributed by atoms with Crippen LogP contribution >= 0.6 is 0 Å². The smallest absolute Gasteiger partial charge is 0.408 e. The monoisotopic (exact) mass is 610 g/mol. The van der Waals surface area contributed by atoms with Crippen LogP contribution in [-0.4, -0.2) is 60.7 Å². The van der Waals surface area contributed by atoms with Crippen molar-refractivity contribution in [3.8, 4) is 0 Å². The quantitative estimate of drug-likeness (QED) is 0.269. The minimum atomic E-state index is -2.83. The number of ether oxygens (including phenoxy) is 2. The predicted octanol–water partition coefficient (Wildman–Crippen LogP) is 6.11. The number of fused-ring (bicyclic) bond motifs is 1. The molecule has 0 radical (unpaired) electrons. The van der Waals surface area contributed by atoms with E-state index in [-0.39, 0.29) is 55.2 Å². The fourth-order valence-corrected chi connectivity index (χ4v) is 5.54. The highest BCUT2D eigenvalue weighted by atomic mass is 19.3. The second kappa shape index (κ2) is 12.7. The summed E-state index contributed by atoms with van der Waals surface area (Å²) in [6, 6.07) is 7.40. The largest absolute Gasteiger partial charge is 0.445 e. The Labute approximate surface area is 243 Å². The van der Waals surface area contributed by atoms with Gasteiger partial charge >= 0.3 is 12.1 Å². The van der Waals surface area contributed by atoms with Crippen LogP contribution in [0, 0.1) is 11.7 Å². The van der Waals surface area contributed by atoms with Crippen molar-refractivity contribution in [2.24, 2.45) is 5.92 Å². The van der Waals surface area contributed by atoms with E-state index >= 15 is 4.39 Å². The molecule has 2 N–H and O–H groups in total. The van der Waals surface area contributed by atoms with Crippen LogP contribution in [0.25, 0.3) is 11.1 Å². The molecule has 9 nitrogen and oxygen atoms in total. The highest BCUT2D eigenvalue weighted by Crippen LogP contribution is 2.42. The number of aromatic nitrogens is 1. The molecule has 2 aromatic carbocycles. The molecule has 2 fully saturated rings. The topological polar surface area (TPSA) is 106 Å². The molecule has 43 heavy (non-hydrogen) atoms. The number of nitrogens with one attached hydrogen (secondary N) is 2. The van der Waals surface area contributed by atoms with Gasteiger partial charge in [0.25, 0.3) is 6.43 Å². The number of urea groups is 1. The van der Waals surface area contributed by atoms with E-state index in [0.29, 0.717) is 0 Å². The normalized spacial score (nSPS) is 20.3. The molecule has 14 heteroatoms. The van der Waals surface area contributed by atoms with Crippen LogP contribution in [0.15, 0.2) is 46.9 Å². The first kappa shape index (κ1) is 30.5. The minimum absolute atomic E-state index is 0.0294. The Morgan fingerprint density at radius 3 is 2.58 bits per heavy atom. The predicted molar refractivity (Wildman–Crippen MR) is 143 cm³/mol. The summed E-state index contributed by atoms with van der Waals surface area (Å²) in [6.45, 7) is -0.477. The number of oxazole rings is 1. The number of benzene rings is 2. The van der Waals surface area contributed by atoms with Crippen LogP contribution in [-0.2, 0) is 16.1 Å². The SMILES string of the molecule is COC[C@@H](c1cc(F)c2oc([C@@H](NC(=O)OCc3ccccc3)C3CCC(F)(F)CC3)nc2c1)N1C[C@@H](C(F)F)NC1=O. The van der Waals surface area contributed by atoms with Gasteiger partial charge in [-0.3, -0.25) is 0 Å². The van der Waals surface area contributed by atoms with Gasteiger partial charge in [-0.15, -0.1) is 0 Å². The zero-order valence-corrected chi connectivity index (χ0v) is 23.2. The lowest BCUT2D eigenvalue weighted by Crippen LogP contribution is -2.37. The van der Waals surface area contributed by atoms with Gasteiger partial charge in [0.15, 0.2) is 11.4 Å². The summed E-state index contributed by atoms with van der Waals surface area (Å²) < 4.78 is 86.2. The third-order valence-electron chi connectivity index (χ3n) is 7.82. The Morgan fingerprint density at radius 2 is 1.93 bits per heavy atom. The lowest BCUT2D eigenvalue weighted by molar-refractivity contribution is -0.0505. The van der Waals surface area contributed by atoms with Crippen molar-refractivity contribution in [2.75, 3.05) is 20.3 Å². The van der Waals surface area contributed by atoms with Gasteiger partial charge in [-0.05, 0) is 42.0 Å². The highest BCUT2D eigenvalue weighted by Gasteiger charge is 2.41. The van der Waals surface area contributed by atoms with Crippen molar-refractivity contribution in [3.63, 3.8) is 0 Å². The molecular weight excluding hydrogens is 579 g/mol. The van der Waals surface area contributed by atoms with Crippen LogP contribution in [0.3, 0.4) is 0 Å². The van der Waals surface area contributed by atoms with Crippen LogP contribution < -0.4 is 10.6 Å². The summed E-state index contributed by atoms with van der Waals surface area (Å²) >= 11 is 0. The zero-order chi connectivity index (χ0) is 30.7. The van der Waals surface area contributed by atoms with E-state index < -0.39 is 67.2 Å². The summed E-state index contributed by atoms with van der Waals surface area (Å²) in [5, 5.41) is 4.88. The number of hydrogen-bond donors (Lipinski definition) is 2. The number of carbonyl (C=O) groups is 2. The lowest BCUT2D eigenvalue weighted by Gasteiger charge is -2.32. The van der Waals surface area contributed by atoms with Crippen molar-refractivity contribution in [1.82, 2.24) is 20.5 Å². The van der Waals surface area contributed by atoms with Gasteiger partial charge in [-0.25, -0.2) is 36.5 Å². The van der Waals surface area contributed by atoms with E-state index in [1.165, 1.54) is 13.2 Å². The fraction of sp³-hybridized carbons (Fsp3) is 0.483. The molecule has 0 spiro atoms. The third kappa shape index (κ3) is 7.00. The summed E-state index contributed by atoms with van der Waals surface area (Å²) in [4.78, 5) is 30.8. The van der Waals surface area contributed by atoms with Crippen LogP contribution in [0.2, 0.25) is 0 Å². The molecule has 2 aliphatic rings. The molecule has 5 rings (SSSR count). The molecule has 0 unspecified atom stereocenters. The van der Waals surface area contributed by atoms with Crippen LogP contribution in [0.5, 0.6) is 0 Å². The second-order valence-corrected chi connectivity index (χ2v) is 10.8. The average molecular weight is 611 g/mol.